The number of fused-ring (bicyclic) bond motifs is 3. The molecule has 0 aliphatic heterocycles. The first-order chi connectivity index (χ1) is 16.2. The summed E-state index contributed by atoms with van der Waals surface area (Å²) >= 11 is 0. The van der Waals surface area contributed by atoms with Crippen LogP contribution in [-0.4, -0.2) is 29.7 Å². The molecule has 2 atom stereocenters. The maximum atomic E-state index is 13.1. The number of aliphatic carboxylic acids is 1. The number of hydrogen-bond acceptors (Lipinski definition) is 4. The van der Waals surface area contributed by atoms with Crippen molar-refractivity contribution in [3.63, 3.8) is 0 Å². The summed E-state index contributed by atoms with van der Waals surface area (Å²) in [5.41, 5.74) is 9.37. The molecule has 0 heterocycles. The molecule has 0 saturated heterocycles. The fourth-order valence-corrected chi connectivity index (χ4v) is 4.45. The Morgan fingerprint density at radius 1 is 0.912 bits per heavy atom. The first-order valence-electron chi connectivity index (χ1n) is 10.7. The van der Waals surface area contributed by atoms with Gasteiger partial charge in [-0.25, -0.2) is 0 Å². The van der Waals surface area contributed by atoms with E-state index in [1.807, 2.05) is 48.5 Å². The van der Waals surface area contributed by atoms with Crippen LogP contribution in [0.5, 0.6) is 0 Å². The predicted octanol–water partition coefficient (Wildman–Crippen LogP) is 4.95. The second-order valence-electron chi connectivity index (χ2n) is 8.22. The van der Waals surface area contributed by atoms with E-state index >= 15 is 0 Å². The first kappa shape index (κ1) is 23.5. The molecule has 0 spiro atoms. The summed E-state index contributed by atoms with van der Waals surface area (Å²) in [5.74, 6) is -3.46. The maximum absolute atomic E-state index is 13.1. The number of carbonyl (C=O) groups is 2. The summed E-state index contributed by atoms with van der Waals surface area (Å²) in [5, 5.41) is 9.15. The number of halogens is 3. The Balaban J connectivity index is 1.59. The molecule has 0 aromatic heterocycles. The number of carbonyl (C=O) groups excluding carboxylic acids is 1. The van der Waals surface area contributed by atoms with E-state index < -0.39 is 42.1 Å². The summed E-state index contributed by atoms with van der Waals surface area (Å²) in [6, 6.07) is 18.3. The summed E-state index contributed by atoms with van der Waals surface area (Å²) in [7, 11) is 0. The monoisotopic (exact) mass is 469 g/mol. The van der Waals surface area contributed by atoms with Gasteiger partial charge in [0.1, 0.15) is 6.61 Å². The average Bonchev–Trinajstić information content (AvgIpc) is 3.11. The first-order valence-corrected chi connectivity index (χ1v) is 10.7. The van der Waals surface area contributed by atoms with Gasteiger partial charge in [0.25, 0.3) is 0 Å². The molecular weight excluding hydrogens is 447 g/mol. The molecule has 1 aliphatic rings. The van der Waals surface area contributed by atoms with Crippen LogP contribution in [0.4, 0.5) is 13.2 Å². The van der Waals surface area contributed by atoms with Gasteiger partial charge >= 0.3 is 18.1 Å². The van der Waals surface area contributed by atoms with E-state index in [0.29, 0.717) is 0 Å². The van der Waals surface area contributed by atoms with Crippen molar-refractivity contribution in [3.05, 3.63) is 95.1 Å². The molecule has 4 rings (SSSR count). The van der Waals surface area contributed by atoms with Crippen molar-refractivity contribution in [2.75, 3.05) is 6.61 Å². The Kier molecular flexibility index (Phi) is 6.43. The van der Waals surface area contributed by atoms with Gasteiger partial charge in [-0.1, -0.05) is 60.7 Å². The van der Waals surface area contributed by atoms with E-state index in [2.05, 4.69) is 0 Å². The summed E-state index contributed by atoms with van der Waals surface area (Å²) in [6.45, 7) is -0.0101. The Labute approximate surface area is 194 Å². The van der Waals surface area contributed by atoms with E-state index in [-0.39, 0.29) is 18.1 Å². The quantitative estimate of drug-likeness (QED) is 0.478. The van der Waals surface area contributed by atoms with Crippen molar-refractivity contribution in [2.45, 2.75) is 30.5 Å². The highest BCUT2D eigenvalue weighted by Gasteiger charge is 2.35. The SMILES string of the molecule is N[C@@H](CC(=O)O)C(C(=O)OCC1c2ccccc2-c2ccccc21)c1ccc(C(F)(F)F)cc1. The number of carboxylic acids is 1. The van der Waals surface area contributed by atoms with Crippen molar-refractivity contribution in [3.8, 4) is 11.1 Å². The van der Waals surface area contributed by atoms with Gasteiger partial charge in [-0.3, -0.25) is 9.59 Å². The van der Waals surface area contributed by atoms with Crippen LogP contribution in [0.2, 0.25) is 0 Å². The van der Waals surface area contributed by atoms with Crippen LogP contribution < -0.4 is 5.73 Å². The third kappa shape index (κ3) is 4.68. The molecule has 0 saturated carbocycles. The van der Waals surface area contributed by atoms with E-state index in [9.17, 15) is 22.8 Å². The van der Waals surface area contributed by atoms with Crippen LogP contribution in [0.3, 0.4) is 0 Å². The highest BCUT2D eigenvalue weighted by atomic mass is 19.4. The second-order valence-corrected chi connectivity index (χ2v) is 8.22. The van der Waals surface area contributed by atoms with Gasteiger partial charge in [-0.15, -0.1) is 0 Å². The van der Waals surface area contributed by atoms with Crippen LogP contribution in [0, 0.1) is 0 Å². The van der Waals surface area contributed by atoms with Crippen LogP contribution >= 0.6 is 0 Å². The minimum atomic E-state index is -4.54. The smallest absolute Gasteiger partial charge is 0.416 e. The molecule has 1 aliphatic carbocycles. The Morgan fingerprint density at radius 2 is 1.44 bits per heavy atom. The number of alkyl halides is 3. The number of ether oxygens (including phenoxy) is 1. The lowest BCUT2D eigenvalue weighted by Gasteiger charge is -2.23. The molecule has 0 radical (unpaired) electrons. The number of nitrogens with two attached hydrogens (primary N) is 1. The zero-order valence-electron chi connectivity index (χ0n) is 18.0. The highest BCUT2D eigenvalue weighted by molar-refractivity contribution is 5.82. The fourth-order valence-electron chi connectivity index (χ4n) is 4.45. The van der Waals surface area contributed by atoms with E-state index in [0.717, 1.165) is 46.5 Å². The van der Waals surface area contributed by atoms with E-state index in [1.165, 1.54) is 0 Å². The van der Waals surface area contributed by atoms with Crippen molar-refractivity contribution in [1.29, 1.82) is 0 Å². The lowest BCUT2D eigenvalue weighted by Crippen LogP contribution is -2.37. The van der Waals surface area contributed by atoms with Gasteiger partial charge in [-0.05, 0) is 39.9 Å². The van der Waals surface area contributed by atoms with Crippen molar-refractivity contribution in [1.82, 2.24) is 0 Å². The normalized spacial score (nSPS) is 14.7. The standard InChI is InChI=1S/C26H22F3NO4/c27-26(28,29)16-11-9-15(10-12-16)24(22(30)13-23(31)32)25(33)34-14-21-19-7-3-1-5-17(19)18-6-2-4-8-20(18)21/h1-12,21-22,24H,13-14,30H2,(H,31,32)/t22-,24?/m0/s1. The van der Waals surface area contributed by atoms with E-state index in [1.54, 1.807) is 0 Å². The zero-order chi connectivity index (χ0) is 24.5. The summed E-state index contributed by atoms with van der Waals surface area (Å²) in [4.78, 5) is 24.3. The molecule has 8 heteroatoms. The van der Waals surface area contributed by atoms with Gasteiger partial charge < -0.3 is 15.6 Å². The number of carboxylic acid groups (broad SMARTS) is 1. The van der Waals surface area contributed by atoms with Gasteiger partial charge in [0.15, 0.2) is 0 Å². The largest absolute Gasteiger partial charge is 0.481 e. The molecular formula is C26H22F3NO4. The van der Waals surface area contributed by atoms with Gasteiger partial charge in [-0.2, -0.15) is 13.2 Å². The highest BCUT2D eigenvalue weighted by Crippen LogP contribution is 2.44. The minimum Gasteiger partial charge on any atom is -0.481 e. The van der Waals surface area contributed by atoms with Crippen LogP contribution in [0.1, 0.15) is 40.5 Å². The number of benzene rings is 3. The number of esters is 1. The Morgan fingerprint density at radius 3 is 1.94 bits per heavy atom. The van der Waals surface area contributed by atoms with Crippen molar-refractivity contribution < 1.29 is 32.6 Å². The van der Waals surface area contributed by atoms with E-state index in [4.69, 9.17) is 15.6 Å². The molecule has 5 nitrogen and oxygen atoms in total. The number of rotatable bonds is 7. The van der Waals surface area contributed by atoms with Crippen LogP contribution in [0.25, 0.3) is 11.1 Å². The van der Waals surface area contributed by atoms with Gasteiger partial charge in [0.05, 0.1) is 17.9 Å². The van der Waals surface area contributed by atoms with Crippen molar-refractivity contribution in [2.24, 2.45) is 5.73 Å². The molecule has 3 aromatic carbocycles. The lowest BCUT2D eigenvalue weighted by atomic mass is 9.89. The third-order valence-corrected chi connectivity index (χ3v) is 6.04. The molecule has 0 bridgehead atoms. The molecule has 3 aromatic rings. The van der Waals surface area contributed by atoms with Crippen molar-refractivity contribution >= 4 is 11.9 Å². The predicted molar refractivity (Wildman–Crippen MR) is 119 cm³/mol. The van der Waals surface area contributed by atoms with Gasteiger partial charge in [0, 0.05) is 12.0 Å². The molecule has 3 N–H and O–H groups in total. The fraction of sp³-hybridized carbons (Fsp3) is 0.231. The zero-order valence-corrected chi connectivity index (χ0v) is 18.0. The minimum absolute atomic E-state index is 0.0101. The van der Waals surface area contributed by atoms with Crippen LogP contribution in [-0.2, 0) is 20.5 Å². The Bertz CT molecular complexity index is 1160. The summed E-state index contributed by atoms with van der Waals surface area (Å²) in [6.07, 6.45) is -5.09. The topological polar surface area (TPSA) is 89.6 Å². The molecule has 0 fully saturated rings. The number of hydrogen-bond donors (Lipinski definition) is 2. The summed E-state index contributed by atoms with van der Waals surface area (Å²) < 4.78 is 44.5. The average molecular weight is 469 g/mol. The molecule has 176 valence electrons. The molecule has 0 amide bonds. The molecule has 1 unspecified atom stereocenters. The van der Waals surface area contributed by atoms with Gasteiger partial charge in [0.2, 0.25) is 0 Å². The maximum Gasteiger partial charge on any atom is 0.416 e. The molecule has 34 heavy (non-hydrogen) atoms. The third-order valence-electron chi connectivity index (χ3n) is 6.04. The second kappa shape index (κ2) is 9.30. The lowest BCUT2D eigenvalue weighted by molar-refractivity contribution is -0.146. The van der Waals surface area contributed by atoms with Crippen LogP contribution in [0.15, 0.2) is 72.8 Å². The Hall–Kier alpha value is -3.65.